The first-order valence-electron chi connectivity index (χ1n) is 6.36. The number of likely N-dealkylation sites (tertiary alicyclic amines) is 1. The molecule has 2 N–H and O–H groups in total. The summed E-state index contributed by atoms with van der Waals surface area (Å²) in [5, 5.41) is 12.4. The van der Waals surface area contributed by atoms with Crippen molar-refractivity contribution in [3.05, 3.63) is 0 Å². The average Bonchev–Trinajstić information content (AvgIpc) is 2.77. The lowest BCUT2D eigenvalue weighted by atomic mass is 9.92. The molecule has 2 rings (SSSR count). The van der Waals surface area contributed by atoms with Gasteiger partial charge in [-0.3, -0.25) is 4.79 Å². The van der Waals surface area contributed by atoms with Crippen LogP contribution in [0.2, 0.25) is 0 Å². The zero-order valence-electron chi connectivity index (χ0n) is 10.2. The molecule has 2 saturated heterocycles. The number of carboxylic acid groups (broad SMARTS) is 1. The summed E-state index contributed by atoms with van der Waals surface area (Å²) in [6.45, 7) is 3.52. The van der Waals surface area contributed by atoms with Crippen LogP contribution in [0, 0.1) is 5.92 Å². The Balaban J connectivity index is 2.01. The standard InChI is InChI=1S/C12H20N2O3/c1-8-7-9(4-5-13-8)11(15)14-6-2-3-10(14)12(16)17/h8-10,13H,2-7H2,1H3,(H,16,17)/t8?,9?,10-/m1/s1. The van der Waals surface area contributed by atoms with Gasteiger partial charge in [0.05, 0.1) is 0 Å². The zero-order valence-corrected chi connectivity index (χ0v) is 10.2. The van der Waals surface area contributed by atoms with Crippen LogP contribution in [0.3, 0.4) is 0 Å². The van der Waals surface area contributed by atoms with Crippen molar-refractivity contribution < 1.29 is 14.7 Å². The largest absolute Gasteiger partial charge is 0.480 e. The fraction of sp³-hybridized carbons (Fsp3) is 0.833. The number of hydrogen-bond donors (Lipinski definition) is 2. The minimum Gasteiger partial charge on any atom is -0.480 e. The maximum atomic E-state index is 12.3. The molecule has 0 radical (unpaired) electrons. The Kier molecular flexibility index (Phi) is 3.66. The molecule has 0 saturated carbocycles. The molecule has 2 aliphatic heterocycles. The van der Waals surface area contributed by atoms with E-state index in [-0.39, 0.29) is 11.8 Å². The number of rotatable bonds is 2. The van der Waals surface area contributed by atoms with Crippen molar-refractivity contribution in [1.29, 1.82) is 0 Å². The summed E-state index contributed by atoms with van der Waals surface area (Å²) >= 11 is 0. The number of carboxylic acids is 1. The highest BCUT2D eigenvalue weighted by atomic mass is 16.4. The Morgan fingerprint density at radius 2 is 2.12 bits per heavy atom. The van der Waals surface area contributed by atoms with E-state index in [9.17, 15) is 9.59 Å². The number of carbonyl (C=O) groups is 2. The molecule has 96 valence electrons. The van der Waals surface area contributed by atoms with Crippen LogP contribution in [0.1, 0.15) is 32.6 Å². The molecular formula is C12H20N2O3. The third-order valence-corrected chi connectivity index (χ3v) is 3.79. The highest BCUT2D eigenvalue weighted by Crippen LogP contribution is 2.25. The molecule has 3 atom stereocenters. The van der Waals surface area contributed by atoms with Crippen molar-refractivity contribution in [3.63, 3.8) is 0 Å². The van der Waals surface area contributed by atoms with Crippen molar-refractivity contribution in [2.45, 2.75) is 44.7 Å². The molecule has 1 amide bonds. The van der Waals surface area contributed by atoms with Crippen LogP contribution in [-0.4, -0.2) is 47.1 Å². The van der Waals surface area contributed by atoms with Crippen LogP contribution in [0.4, 0.5) is 0 Å². The van der Waals surface area contributed by atoms with Gasteiger partial charge in [-0.05, 0) is 39.2 Å². The quantitative estimate of drug-likeness (QED) is 0.735. The van der Waals surface area contributed by atoms with E-state index >= 15 is 0 Å². The molecule has 2 aliphatic rings. The smallest absolute Gasteiger partial charge is 0.326 e. The lowest BCUT2D eigenvalue weighted by Crippen LogP contribution is -2.47. The summed E-state index contributed by atoms with van der Waals surface area (Å²) in [5.41, 5.74) is 0. The number of nitrogens with zero attached hydrogens (tertiary/aromatic N) is 1. The highest BCUT2D eigenvalue weighted by Gasteiger charge is 2.37. The van der Waals surface area contributed by atoms with Gasteiger partial charge in [-0.2, -0.15) is 0 Å². The summed E-state index contributed by atoms with van der Waals surface area (Å²) < 4.78 is 0. The van der Waals surface area contributed by atoms with Gasteiger partial charge in [-0.25, -0.2) is 4.79 Å². The van der Waals surface area contributed by atoms with Gasteiger partial charge < -0.3 is 15.3 Å². The van der Waals surface area contributed by atoms with E-state index in [1.807, 2.05) is 0 Å². The average molecular weight is 240 g/mol. The number of piperidine rings is 1. The highest BCUT2D eigenvalue weighted by molar-refractivity contribution is 5.85. The monoisotopic (exact) mass is 240 g/mol. The molecule has 2 unspecified atom stereocenters. The molecule has 2 fully saturated rings. The summed E-state index contributed by atoms with van der Waals surface area (Å²) in [6.07, 6.45) is 3.05. The van der Waals surface area contributed by atoms with E-state index in [2.05, 4.69) is 12.2 Å². The van der Waals surface area contributed by atoms with E-state index in [1.165, 1.54) is 0 Å². The second-order valence-electron chi connectivity index (χ2n) is 5.10. The van der Waals surface area contributed by atoms with E-state index in [0.29, 0.717) is 19.0 Å². The van der Waals surface area contributed by atoms with E-state index in [1.54, 1.807) is 4.90 Å². The Labute approximate surface area is 101 Å². The second kappa shape index (κ2) is 5.04. The summed E-state index contributed by atoms with van der Waals surface area (Å²) in [7, 11) is 0. The van der Waals surface area contributed by atoms with Crippen molar-refractivity contribution in [2.75, 3.05) is 13.1 Å². The molecule has 0 aliphatic carbocycles. The predicted octanol–water partition coefficient (Wildman–Crippen LogP) is 0.450. The van der Waals surface area contributed by atoms with E-state index in [4.69, 9.17) is 5.11 Å². The number of hydrogen-bond acceptors (Lipinski definition) is 3. The van der Waals surface area contributed by atoms with Gasteiger partial charge in [-0.1, -0.05) is 0 Å². The van der Waals surface area contributed by atoms with E-state index in [0.717, 1.165) is 25.8 Å². The van der Waals surface area contributed by atoms with Crippen molar-refractivity contribution in [2.24, 2.45) is 5.92 Å². The SMILES string of the molecule is CC1CC(C(=O)N2CCC[C@@H]2C(=O)O)CCN1. The molecule has 2 heterocycles. The van der Waals surface area contributed by atoms with Crippen LogP contribution in [0.25, 0.3) is 0 Å². The number of amides is 1. The van der Waals surface area contributed by atoms with Crippen molar-refractivity contribution in [1.82, 2.24) is 10.2 Å². The lowest BCUT2D eigenvalue weighted by Gasteiger charge is -2.31. The Bertz CT molecular complexity index is 319. The first-order chi connectivity index (χ1) is 8.09. The second-order valence-corrected chi connectivity index (χ2v) is 5.10. The third-order valence-electron chi connectivity index (χ3n) is 3.79. The van der Waals surface area contributed by atoms with Crippen LogP contribution in [0.15, 0.2) is 0 Å². The maximum absolute atomic E-state index is 12.3. The topological polar surface area (TPSA) is 69.6 Å². The van der Waals surface area contributed by atoms with Crippen molar-refractivity contribution >= 4 is 11.9 Å². The zero-order chi connectivity index (χ0) is 12.4. The first kappa shape index (κ1) is 12.4. The minimum atomic E-state index is -0.863. The Morgan fingerprint density at radius 3 is 2.76 bits per heavy atom. The molecule has 17 heavy (non-hydrogen) atoms. The fourth-order valence-corrected chi connectivity index (χ4v) is 2.88. The van der Waals surface area contributed by atoms with Crippen LogP contribution in [0.5, 0.6) is 0 Å². The van der Waals surface area contributed by atoms with Crippen molar-refractivity contribution in [3.8, 4) is 0 Å². The minimum absolute atomic E-state index is 0.00574. The first-order valence-corrected chi connectivity index (χ1v) is 6.36. The Morgan fingerprint density at radius 1 is 1.35 bits per heavy atom. The van der Waals surface area contributed by atoms with Gasteiger partial charge in [0.25, 0.3) is 0 Å². The molecule has 0 aromatic carbocycles. The van der Waals surface area contributed by atoms with Gasteiger partial charge in [0.15, 0.2) is 0 Å². The van der Waals surface area contributed by atoms with Gasteiger partial charge in [0.1, 0.15) is 6.04 Å². The fourth-order valence-electron chi connectivity index (χ4n) is 2.88. The number of carbonyl (C=O) groups excluding carboxylic acids is 1. The van der Waals surface area contributed by atoms with Crippen LogP contribution in [-0.2, 0) is 9.59 Å². The molecule has 0 spiro atoms. The van der Waals surface area contributed by atoms with Crippen LogP contribution >= 0.6 is 0 Å². The third kappa shape index (κ3) is 2.60. The van der Waals surface area contributed by atoms with Crippen LogP contribution < -0.4 is 5.32 Å². The summed E-state index contributed by atoms with van der Waals surface area (Å²) in [6, 6.07) is -0.240. The number of aliphatic carboxylic acids is 1. The normalized spacial score (nSPS) is 33.7. The summed E-state index contributed by atoms with van der Waals surface area (Å²) in [5.74, 6) is -0.813. The van der Waals surface area contributed by atoms with E-state index < -0.39 is 12.0 Å². The molecule has 0 aromatic rings. The molecule has 5 nitrogen and oxygen atoms in total. The van der Waals surface area contributed by atoms with Gasteiger partial charge in [0, 0.05) is 18.5 Å². The Hall–Kier alpha value is -1.10. The molecule has 0 aromatic heterocycles. The predicted molar refractivity (Wildman–Crippen MR) is 62.6 cm³/mol. The number of nitrogens with one attached hydrogen (secondary N) is 1. The lowest BCUT2D eigenvalue weighted by molar-refractivity contribution is -0.150. The van der Waals surface area contributed by atoms with Gasteiger partial charge in [0.2, 0.25) is 5.91 Å². The maximum Gasteiger partial charge on any atom is 0.326 e. The van der Waals surface area contributed by atoms with Gasteiger partial charge in [-0.15, -0.1) is 0 Å². The molecule has 0 bridgehead atoms. The molecular weight excluding hydrogens is 220 g/mol. The van der Waals surface area contributed by atoms with Gasteiger partial charge >= 0.3 is 5.97 Å². The molecule has 5 heteroatoms. The summed E-state index contributed by atoms with van der Waals surface area (Å²) in [4.78, 5) is 24.9.